The molecule has 2 aromatic rings. The van der Waals surface area contributed by atoms with Gasteiger partial charge in [-0.15, -0.1) is 0 Å². The topological polar surface area (TPSA) is 103 Å². The molecule has 3 rings (SSSR count). The highest BCUT2D eigenvalue weighted by molar-refractivity contribution is 7.92. The lowest BCUT2D eigenvalue weighted by Gasteiger charge is -2.24. The van der Waals surface area contributed by atoms with E-state index in [1.807, 2.05) is 0 Å². The van der Waals surface area contributed by atoms with E-state index in [1.54, 1.807) is 12.1 Å². The first-order valence-electron chi connectivity index (χ1n) is 8.90. The van der Waals surface area contributed by atoms with E-state index in [2.05, 4.69) is 5.32 Å². The van der Waals surface area contributed by atoms with Crippen LogP contribution >= 0.6 is 11.6 Å². The minimum Gasteiger partial charge on any atom is -0.495 e. The number of fused-ring (bicyclic) bond motifs is 1. The summed E-state index contributed by atoms with van der Waals surface area (Å²) in [5.41, 5.74) is 0.584. The summed E-state index contributed by atoms with van der Waals surface area (Å²) in [5.74, 6) is 0.798. The third-order valence-corrected chi connectivity index (χ3v) is 6.42. The van der Waals surface area contributed by atoms with E-state index in [0.29, 0.717) is 33.7 Å². The number of carbonyl (C=O) groups excluding carboxylic acids is 1. The van der Waals surface area contributed by atoms with Crippen LogP contribution in [0.2, 0.25) is 5.02 Å². The average Bonchev–Trinajstić information content (AvgIpc) is 3.20. The predicted molar refractivity (Wildman–Crippen MR) is 113 cm³/mol. The van der Waals surface area contributed by atoms with E-state index in [-0.39, 0.29) is 18.2 Å². The largest absolute Gasteiger partial charge is 0.495 e. The second-order valence-corrected chi connectivity index (χ2v) is 8.77. The maximum Gasteiger partial charge on any atom is 0.245 e. The van der Waals surface area contributed by atoms with Gasteiger partial charge in [0, 0.05) is 18.2 Å². The molecule has 0 bridgehead atoms. The number of carbonyl (C=O) groups is 1. The smallest absolute Gasteiger partial charge is 0.245 e. The number of nitrogens with zero attached hydrogens (tertiary/aromatic N) is 1. The molecule has 0 unspecified atom stereocenters. The number of amides is 1. The average molecular weight is 457 g/mol. The first-order valence-corrected chi connectivity index (χ1v) is 10.9. The van der Waals surface area contributed by atoms with Gasteiger partial charge in [-0.3, -0.25) is 9.10 Å². The van der Waals surface area contributed by atoms with Crippen LogP contribution in [-0.2, 0) is 14.8 Å². The number of methoxy groups -OCH3 is 2. The zero-order valence-corrected chi connectivity index (χ0v) is 18.2. The molecule has 0 spiro atoms. The third-order valence-electron chi connectivity index (χ3n) is 4.38. The molecular formula is C19H21ClN2O7S. The fourth-order valence-corrected chi connectivity index (χ4v) is 4.12. The first kappa shape index (κ1) is 21.8. The van der Waals surface area contributed by atoms with Crippen molar-refractivity contribution in [3.63, 3.8) is 0 Å². The number of sulfonamides is 1. The molecule has 1 heterocycles. The third kappa shape index (κ3) is 4.49. The van der Waals surface area contributed by atoms with E-state index >= 15 is 0 Å². The first-order chi connectivity index (χ1) is 14.3. The molecule has 1 N–H and O–H groups in total. The lowest BCUT2D eigenvalue weighted by molar-refractivity contribution is -0.114. The number of benzene rings is 2. The molecule has 0 saturated heterocycles. The Labute approximate surface area is 179 Å². The van der Waals surface area contributed by atoms with Crippen molar-refractivity contribution in [2.45, 2.75) is 6.92 Å². The van der Waals surface area contributed by atoms with Crippen LogP contribution in [0.3, 0.4) is 0 Å². The fraction of sp³-hybridized carbons (Fsp3) is 0.316. The van der Waals surface area contributed by atoms with Crippen LogP contribution in [0.4, 0.5) is 11.4 Å². The molecule has 0 radical (unpaired) electrons. The molecule has 1 aliphatic heterocycles. The molecule has 11 heteroatoms. The molecule has 30 heavy (non-hydrogen) atoms. The summed E-state index contributed by atoms with van der Waals surface area (Å²) in [6, 6.07) is 7.67. The molecule has 2 aromatic carbocycles. The molecule has 1 amide bonds. The van der Waals surface area contributed by atoms with Gasteiger partial charge in [0.1, 0.15) is 18.0 Å². The Morgan fingerprint density at radius 3 is 2.50 bits per heavy atom. The van der Waals surface area contributed by atoms with Crippen molar-refractivity contribution < 1.29 is 32.2 Å². The quantitative estimate of drug-likeness (QED) is 0.651. The predicted octanol–water partition coefficient (Wildman–Crippen LogP) is 2.88. The van der Waals surface area contributed by atoms with E-state index in [1.165, 1.54) is 39.3 Å². The Hall–Kier alpha value is -2.85. The Kier molecular flexibility index (Phi) is 6.47. The van der Waals surface area contributed by atoms with Gasteiger partial charge in [-0.25, -0.2) is 8.42 Å². The second-order valence-electron chi connectivity index (χ2n) is 6.18. The van der Waals surface area contributed by atoms with Crippen LogP contribution < -0.4 is 28.6 Å². The lowest BCUT2D eigenvalue weighted by atomic mass is 10.2. The summed E-state index contributed by atoms with van der Waals surface area (Å²) >= 11 is 6.08. The van der Waals surface area contributed by atoms with Gasteiger partial charge in [0.25, 0.3) is 0 Å². The highest BCUT2D eigenvalue weighted by Crippen LogP contribution is 2.37. The van der Waals surface area contributed by atoms with Crippen molar-refractivity contribution in [3.05, 3.63) is 35.4 Å². The van der Waals surface area contributed by atoms with Gasteiger partial charge in [0.2, 0.25) is 22.7 Å². The van der Waals surface area contributed by atoms with Crippen LogP contribution in [0.25, 0.3) is 0 Å². The van der Waals surface area contributed by atoms with Crippen LogP contribution in [0, 0.1) is 0 Å². The summed E-state index contributed by atoms with van der Waals surface area (Å²) < 4.78 is 47.3. The molecule has 0 aromatic heterocycles. The molecule has 0 atom stereocenters. The maximum atomic E-state index is 12.7. The minimum absolute atomic E-state index is 0.0536. The number of rotatable bonds is 8. The normalized spacial score (nSPS) is 12.4. The molecule has 0 fully saturated rings. The molecule has 1 aliphatic rings. The van der Waals surface area contributed by atoms with E-state index < -0.39 is 22.5 Å². The van der Waals surface area contributed by atoms with Crippen molar-refractivity contribution in [1.29, 1.82) is 0 Å². The van der Waals surface area contributed by atoms with Crippen LogP contribution in [-0.4, -0.2) is 47.6 Å². The maximum absolute atomic E-state index is 12.7. The van der Waals surface area contributed by atoms with Gasteiger partial charge in [-0.05, 0) is 19.1 Å². The van der Waals surface area contributed by atoms with Gasteiger partial charge in [0.15, 0.2) is 11.5 Å². The van der Waals surface area contributed by atoms with Gasteiger partial charge in [-0.1, -0.05) is 11.6 Å². The van der Waals surface area contributed by atoms with Crippen LogP contribution in [0.15, 0.2) is 30.3 Å². The number of hydrogen-bond donors (Lipinski definition) is 1. The van der Waals surface area contributed by atoms with Crippen molar-refractivity contribution in [1.82, 2.24) is 0 Å². The Bertz CT molecular complexity index is 1060. The Morgan fingerprint density at radius 1 is 1.13 bits per heavy atom. The standard InChI is InChI=1S/C19H21ClN2O7S/c1-4-30(24,25)22(12-5-6-15-18(7-12)29-11-28-15)10-19(23)21-14-9-16(26-2)13(20)8-17(14)27-3/h5-9H,4,10-11H2,1-3H3,(H,21,23). The van der Waals surface area contributed by atoms with Gasteiger partial charge in [0.05, 0.1) is 36.4 Å². The van der Waals surface area contributed by atoms with E-state index in [4.69, 9.17) is 30.5 Å². The number of halogens is 1. The summed E-state index contributed by atoms with van der Waals surface area (Å²) in [5, 5.41) is 2.96. The van der Waals surface area contributed by atoms with E-state index in [9.17, 15) is 13.2 Å². The molecule has 0 aliphatic carbocycles. The summed E-state index contributed by atoms with van der Waals surface area (Å²) in [7, 11) is -0.890. The van der Waals surface area contributed by atoms with Gasteiger partial charge < -0.3 is 24.3 Å². The second kappa shape index (κ2) is 8.88. The zero-order valence-electron chi connectivity index (χ0n) is 16.6. The highest BCUT2D eigenvalue weighted by Gasteiger charge is 2.26. The summed E-state index contributed by atoms with van der Waals surface area (Å²) in [4.78, 5) is 12.7. The van der Waals surface area contributed by atoms with E-state index in [0.717, 1.165) is 4.31 Å². The Balaban J connectivity index is 1.88. The minimum atomic E-state index is -3.75. The molecule has 0 saturated carbocycles. The number of ether oxygens (including phenoxy) is 4. The van der Waals surface area contributed by atoms with Gasteiger partial charge in [-0.2, -0.15) is 0 Å². The van der Waals surface area contributed by atoms with Crippen molar-refractivity contribution in [2.75, 3.05) is 42.9 Å². The summed E-state index contributed by atoms with van der Waals surface area (Å²) in [6.07, 6.45) is 0. The van der Waals surface area contributed by atoms with Crippen molar-refractivity contribution >= 4 is 38.9 Å². The molecule has 162 valence electrons. The molecular weight excluding hydrogens is 436 g/mol. The number of hydrogen-bond acceptors (Lipinski definition) is 7. The number of nitrogens with one attached hydrogen (secondary N) is 1. The number of anilines is 2. The molecule has 9 nitrogen and oxygen atoms in total. The highest BCUT2D eigenvalue weighted by atomic mass is 35.5. The van der Waals surface area contributed by atoms with Crippen molar-refractivity contribution in [2.24, 2.45) is 0 Å². The zero-order chi connectivity index (χ0) is 21.9. The van der Waals surface area contributed by atoms with Crippen LogP contribution in [0.1, 0.15) is 6.92 Å². The lowest BCUT2D eigenvalue weighted by Crippen LogP contribution is -2.39. The van der Waals surface area contributed by atoms with Gasteiger partial charge >= 0.3 is 0 Å². The fourth-order valence-electron chi connectivity index (χ4n) is 2.82. The van der Waals surface area contributed by atoms with Crippen molar-refractivity contribution in [3.8, 4) is 23.0 Å². The van der Waals surface area contributed by atoms with Crippen LogP contribution in [0.5, 0.6) is 23.0 Å². The monoisotopic (exact) mass is 456 g/mol. The SMILES string of the molecule is CCS(=O)(=O)N(CC(=O)Nc1cc(OC)c(Cl)cc1OC)c1ccc2c(c1)OCO2. The Morgan fingerprint density at radius 2 is 1.83 bits per heavy atom. The summed E-state index contributed by atoms with van der Waals surface area (Å²) in [6.45, 7) is 1.10.